The molecule has 1 heterocycles. The number of hydrogen-bond acceptors (Lipinski definition) is 4. The summed E-state index contributed by atoms with van der Waals surface area (Å²) in [4.78, 5) is 0. The Labute approximate surface area is 86.9 Å². The third-order valence-corrected chi connectivity index (χ3v) is 6.03. The van der Waals surface area contributed by atoms with Gasteiger partial charge in [-0.15, -0.1) is 0 Å². The van der Waals surface area contributed by atoms with E-state index in [-0.39, 0.29) is 0 Å². The fraction of sp³-hybridized carbons (Fsp3) is 1.00. The van der Waals surface area contributed by atoms with E-state index in [0.717, 1.165) is 12.5 Å². The van der Waals surface area contributed by atoms with Crippen molar-refractivity contribution in [3.63, 3.8) is 0 Å². The Hall–Kier alpha value is 0.0569. The Morgan fingerprint density at radius 1 is 1.29 bits per heavy atom. The Kier molecular flexibility index (Phi) is 3.71. The molecule has 0 saturated carbocycles. The first-order chi connectivity index (χ1) is 6.52. The van der Waals surface area contributed by atoms with Gasteiger partial charge in [0.2, 0.25) is 0 Å². The maximum atomic E-state index is 5.89. The fourth-order valence-electron chi connectivity index (χ4n) is 1.73. The second-order valence-corrected chi connectivity index (χ2v) is 6.74. The molecule has 4 nitrogen and oxygen atoms in total. The summed E-state index contributed by atoms with van der Waals surface area (Å²) >= 11 is 0. The predicted molar refractivity (Wildman–Crippen MR) is 54.9 cm³/mol. The minimum absolute atomic E-state index is 0.360. The SMILES string of the molecule is COC1(C)O[Si](OC)(OC)CCC1C. The van der Waals surface area contributed by atoms with Gasteiger partial charge in [0, 0.05) is 33.3 Å². The molecule has 5 heteroatoms. The van der Waals surface area contributed by atoms with E-state index in [1.54, 1.807) is 21.3 Å². The Morgan fingerprint density at radius 2 is 1.86 bits per heavy atom. The van der Waals surface area contributed by atoms with Crippen molar-refractivity contribution in [3.05, 3.63) is 0 Å². The van der Waals surface area contributed by atoms with Crippen molar-refractivity contribution in [1.29, 1.82) is 0 Å². The van der Waals surface area contributed by atoms with Gasteiger partial charge in [-0.2, -0.15) is 0 Å². The maximum absolute atomic E-state index is 5.89. The quantitative estimate of drug-likeness (QED) is 0.678. The van der Waals surface area contributed by atoms with E-state index in [1.165, 1.54) is 0 Å². The molecule has 84 valence electrons. The molecular weight excluding hydrogens is 200 g/mol. The molecule has 0 N–H and O–H groups in total. The van der Waals surface area contributed by atoms with Crippen LogP contribution in [0.3, 0.4) is 0 Å². The largest absolute Gasteiger partial charge is 0.502 e. The lowest BCUT2D eigenvalue weighted by Gasteiger charge is -2.45. The van der Waals surface area contributed by atoms with Crippen LogP contribution in [0.15, 0.2) is 0 Å². The summed E-state index contributed by atoms with van der Waals surface area (Å²) in [6.45, 7) is 4.06. The number of hydrogen-bond donors (Lipinski definition) is 0. The molecule has 0 aromatic rings. The van der Waals surface area contributed by atoms with E-state index in [0.29, 0.717) is 5.92 Å². The van der Waals surface area contributed by atoms with Crippen LogP contribution in [0, 0.1) is 5.92 Å². The zero-order chi connectivity index (χ0) is 10.8. The molecule has 14 heavy (non-hydrogen) atoms. The molecule has 1 fully saturated rings. The highest BCUT2D eigenvalue weighted by Gasteiger charge is 2.52. The van der Waals surface area contributed by atoms with Gasteiger partial charge >= 0.3 is 8.80 Å². The van der Waals surface area contributed by atoms with E-state index in [9.17, 15) is 0 Å². The number of rotatable bonds is 3. The van der Waals surface area contributed by atoms with Gasteiger partial charge in [-0.05, 0) is 13.3 Å². The van der Waals surface area contributed by atoms with Crippen LogP contribution in [-0.2, 0) is 18.0 Å². The zero-order valence-electron chi connectivity index (χ0n) is 9.62. The van der Waals surface area contributed by atoms with Gasteiger partial charge < -0.3 is 18.0 Å². The summed E-state index contributed by atoms with van der Waals surface area (Å²) in [5.41, 5.74) is 0. The van der Waals surface area contributed by atoms with Crippen LogP contribution < -0.4 is 0 Å². The molecule has 2 atom stereocenters. The van der Waals surface area contributed by atoms with Crippen molar-refractivity contribution in [2.45, 2.75) is 32.1 Å². The predicted octanol–water partition coefficient (Wildman–Crippen LogP) is 1.64. The zero-order valence-corrected chi connectivity index (χ0v) is 10.6. The van der Waals surface area contributed by atoms with E-state index in [1.807, 2.05) is 6.92 Å². The normalized spacial score (nSPS) is 37.1. The maximum Gasteiger partial charge on any atom is 0.502 e. The van der Waals surface area contributed by atoms with Crippen molar-refractivity contribution in [3.8, 4) is 0 Å². The van der Waals surface area contributed by atoms with Gasteiger partial charge in [-0.25, -0.2) is 0 Å². The van der Waals surface area contributed by atoms with Gasteiger partial charge in [0.05, 0.1) is 0 Å². The fourth-order valence-corrected chi connectivity index (χ4v) is 4.26. The summed E-state index contributed by atoms with van der Waals surface area (Å²) in [5.74, 6) is -0.213. The first kappa shape index (κ1) is 12.1. The van der Waals surface area contributed by atoms with Gasteiger partial charge in [-0.3, -0.25) is 0 Å². The lowest BCUT2D eigenvalue weighted by Crippen LogP contribution is -2.58. The molecule has 0 amide bonds. The third-order valence-electron chi connectivity index (χ3n) is 3.16. The van der Waals surface area contributed by atoms with Crippen molar-refractivity contribution < 1.29 is 18.0 Å². The van der Waals surface area contributed by atoms with Crippen molar-refractivity contribution in [2.75, 3.05) is 21.3 Å². The summed E-state index contributed by atoms with van der Waals surface area (Å²) in [5, 5.41) is 0. The van der Waals surface area contributed by atoms with Crippen molar-refractivity contribution >= 4 is 8.80 Å². The Balaban J connectivity index is 2.79. The van der Waals surface area contributed by atoms with Gasteiger partial charge in [0.15, 0.2) is 5.79 Å². The topological polar surface area (TPSA) is 36.9 Å². The standard InChI is InChI=1S/C9H20O4Si/c1-8-6-7-14(11-4,12-5)13-9(8,2)10-3/h8H,6-7H2,1-5H3. The molecule has 0 spiro atoms. The minimum Gasteiger partial charge on any atom is -0.377 e. The summed E-state index contributed by atoms with van der Waals surface area (Å²) < 4.78 is 22.1. The van der Waals surface area contributed by atoms with Crippen molar-refractivity contribution in [2.24, 2.45) is 5.92 Å². The lowest BCUT2D eigenvalue weighted by molar-refractivity contribution is -0.221. The van der Waals surface area contributed by atoms with Crippen LogP contribution in [0.5, 0.6) is 0 Å². The highest BCUT2D eigenvalue weighted by molar-refractivity contribution is 6.60. The van der Waals surface area contributed by atoms with E-state index in [4.69, 9.17) is 18.0 Å². The first-order valence-corrected chi connectivity index (χ1v) is 6.81. The van der Waals surface area contributed by atoms with E-state index < -0.39 is 14.6 Å². The summed E-state index contributed by atoms with van der Waals surface area (Å²) in [6, 6.07) is 0.861. The highest BCUT2D eigenvalue weighted by atomic mass is 28.4. The van der Waals surface area contributed by atoms with Crippen LogP contribution in [0.1, 0.15) is 20.3 Å². The Bertz CT molecular complexity index is 190. The van der Waals surface area contributed by atoms with Crippen LogP contribution in [-0.4, -0.2) is 35.9 Å². The van der Waals surface area contributed by atoms with Crippen LogP contribution >= 0.6 is 0 Å². The molecule has 0 bridgehead atoms. The van der Waals surface area contributed by atoms with Crippen LogP contribution in [0.25, 0.3) is 0 Å². The number of methoxy groups -OCH3 is 1. The van der Waals surface area contributed by atoms with E-state index >= 15 is 0 Å². The molecule has 1 aliphatic rings. The molecule has 0 aromatic heterocycles. The first-order valence-electron chi connectivity index (χ1n) is 4.87. The van der Waals surface area contributed by atoms with Gasteiger partial charge in [0.25, 0.3) is 0 Å². The smallest absolute Gasteiger partial charge is 0.377 e. The minimum atomic E-state index is -2.45. The Morgan fingerprint density at radius 3 is 2.29 bits per heavy atom. The average molecular weight is 220 g/mol. The van der Waals surface area contributed by atoms with Crippen LogP contribution in [0.2, 0.25) is 6.04 Å². The number of ether oxygens (including phenoxy) is 1. The molecule has 2 unspecified atom stereocenters. The van der Waals surface area contributed by atoms with E-state index in [2.05, 4.69) is 6.92 Å². The second kappa shape index (κ2) is 4.28. The second-order valence-electron chi connectivity index (χ2n) is 3.85. The van der Waals surface area contributed by atoms with Crippen molar-refractivity contribution in [1.82, 2.24) is 0 Å². The molecule has 1 rings (SSSR count). The molecule has 0 radical (unpaired) electrons. The molecular formula is C9H20O4Si. The average Bonchev–Trinajstić information content (AvgIpc) is 2.23. The lowest BCUT2D eigenvalue weighted by atomic mass is 9.99. The third kappa shape index (κ3) is 2.01. The molecule has 1 aliphatic heterocycles. The van der Waals surface area contributed by atoms with Gasteiger partial charge in [-0.1, -0.05) is 6.92 Å². The molecule has 1 saturated heterocycles. The molecule has 0 aliphatic carbocycles. The summed E-state index contributed by atoms with van der Waals surface area (Å²) in [7, 11) is 2.49. The highest BCUT2D eigenvalue weighted by Crippen LogP contribution is 2.38. The molecule has 0 aromatic carbocycles. The monoisotopic (exact) mass is 220 g/mol. The van der Waals surface area contributed by atoms with Gasteiger partial charge in [0.1, 0.15) is 0 Å². The van der Waals surface area contributed by atoms with Crippen LogP contribution in [0.4, 0.5) is 0 Å². The summed E-state index contributed by atoms with van der Waals surface area (Å²) in [6.07, 6.45) is 1.01.